The molecule has 1 aromatic heterocycles. The summed E-state index contributed by atoms with van der Waals surface area (Å²) in [5.41, 5.74) is 13.1. The molecule has 230 valence electrons. The maximum absolute atomic E-state index is 6.59. The van der Waals surface area contributed by atoms with Crippen molar-refractivity contribution in [3.8, 4) is 11.5 Å². The van der Waals surface area contributed by atoms with E-state index in [1.54, 1.807) is 0 Å². The average Bonchev–Trinajstić information content (AvgIpc) is 3.53. The second-order valence-corrected chi connectivity index (χ2v) is 10.4. The Bertz CT molecular complexity index is 1570. The number of fused-ring (bicyclic) bond motifs is 1. The monoisotopic (exact) mass is 610 g/mol. The van der Waals surface area contributed by atoms with E-state index in [9.17, 15) is 0 Å². The molecule has 0 saturated carbocycles. The van der Waals surface area contributed by atoms with Crippen LogP contribution in [-0.2, 0) is 6.42 Å². The molecule has 2 aromatic carbocycles. The zero-order chi connectivity index (χ0) is 32.2. The SMILES string of the molecule is C=CC(=CC/C=C\C)/C1=N/C(N)C(=C)N(CC(=C)NC(C)C(=C)c2nnc(-c3ccccc3)o2)c2ccc(Cl)cc2C1.CC. The summed E-state index contributed by atoms with van der Waals surface area (Å²) in [5, 5.41) is 12.4. The van der Waals surface area contributed by atoms with Crippen molar-refractivity contribution in [2.45, 2.75) is 52.7 Å². The number of aromatic nitrogens is 2. The number of anilines is 1. The van der Waals surface area contributed by atoms with Gasteiger partial charge in [-0.1, -0.05) is 94.3 Å². The molecule has 8 heteroatoms. The third-order valence-electron chi connectivity index (χ3n) is 6.95. The van der Waals surface area contributed by atoms with Gasteiger partial charge in [0.15, 0.2) is 0 Å². The summed E-state index contributed by atoms with van der Waals surface area (Å²) < 4.78 is 5.90. The number of nitrogens with two attached hydrogens (primary N) is 1. The third-order valence-corrected chi connectivity index (χ3v) is 7.18. The molecular weight excluding hydrogens is 568 g/mol. The molecule has 0 aliphatic carbocycles. The summed E-state index contributed by atoms with van der Waals surface area (Å²) in [4.78, 5) is 6.89. The van der Waals surface area contributed by atoms with Gasteiger partial charge in [-0.2, -0.15) is 0 Å². The van der Waals surface area contributed by atoms with E-state index in [1.165, 1.54) is 0 Å². The van der Waals surface area contributed by atoms with E-state index in [4.69, 9.17) is 26.7 Å². The van der Waals surface area contributed by atoms with E-state index < -0.39 is 6.17 Å². The van der Waals surface area contributed by atoms with Crippen molar-refractivity contribution in [3.05, 3.63) is 133 Å². The number of halogens is 1. The zero-order valence-electron chi connectivity index (χ0n) is 26.2. The van der Waals surface area contributed by atoms with Gasteiger partial charge in [0.2, 0.25) is 11.8 Å². The molecule has 2 atom stereocenters. The summed E-state index contributed by atoms with van der Waals surface area (Å²) in [5.74, 6) is 0.803. The molecule has 0 fully saturated rings. The second-order valence-electron chi connectivity index (χ2n) is 9.99. The van der Waals surface area contributed by atoms with E-state index >= 15 is 0 Å². The number of nitrogens with zero attached hydrogens (tertiary/aromatic N) is 4. The van der Waals surface area contributed by atoms with Crippen LogP contribution in [0.2, 0.25) is 5.02 Å². The van der Waals surface area contributed by atoms with Crippen LogP contribution in [0, 0.1) is 0 Å². The van der Waals surface area contributed by atoms with Gasteiger partial charge in [-0.25, -0.2) is 0 Å². The van der Waals surface area contributed by atoms with Crippen molar-refractivity contribution < 1.29 is 4.42 Å². The van der Waals surface area contributed by atoms with Gasteiger partial charge in [-0.05, 0) is 61.7 Å². The molecular formula is C36H43ClN6O. The Balaban J connectivity index is 0.00000259. The zero-order valence-corrected chi connectivity index (χ0v) is 26.9. The van der Waals surface area contributed by atoms with Crippen molar-refractivity contribution >= 4 is 28.6 Å². The van der Waals surface area contributed by atoms with E-state index in [0.29, 0.717) is 41.0 Å². The fourth-order valence-corrected chi connectivity index (χ4v) is 4.82. The Hall–Kier alpha value is -4.46. The highest BCUT2D eigenvalue weighted by Gasteiger charge is 2.25. The van der Waals surface area contributed by atoms with Gasteiger partial charge in [-0.3, -0.25) is 4.99 Å². The summed E-state index contributed by atoms with van der Waals surface area (Å²) in [6, 6.07) is 15.2. The summed E-state index contributed by atoms with van der Waals surface area (Å²) in [7, 11) is 0. The van der Waals surface area contributed by atoms with Crippen LogP contribution >= 0.6 is 11.6 Å². The molecule has 1 aliphatic rings. The van der Waals surface area contributed by atoms with E-state index in [-0.39, 0.29) is 6.04 Å². The summed E-state index contributed by atoms with van der Waals surface area (Å²) in [6.07, 6.45) is 8.64. The number of allylic oxidation sites excluding steroid dienone is 5. The highest BCUT2D eigenvalue weighted by Crippen LogP contribution is 2.32. The van der Waals surface area contributed by atoms with Crippen molar-refractivity contribution in [2.24, 2.45) is 10.7 Å². The first-order valence-corrected chi connectivity index (χ1v) is 15.1. The van der Waals surface area contributed by atoms with E-state index in [0.717, 1.165) is 40.2 Å². The number of hydrogen-bond donors (Lipinski definition) is 2. The van der Waals surface area contributed by atoms with Crippen molar-refractivity contribution in [1.82, 2.24) is 15.5 Å². The molecule has 0 radical (unpaired) electrons. The fourth-order valence-electron chi connectivity index (χ4n) is 4.62. The Kier molecular flexibility index (Phi) is 12.7. The molecule has 2 heterocycles. The second kappa shape index (κ2) is 16.4. The molecule has 7 nitrogen and oxygen atoms in total. The third kappa shape index (κ3) is 8.56. The van der Waals surface area contributed by atoms with Crippen LogP contribution in [-0.4, -0.2) is 34.7 Å². The maximum Gasteiger partial charge on any atom is 0.248 e. The number of hydrogen-bond acceptors (Lipinski definition) is 7. The largest absolute Gasteiger partial charge is 0.416 e. The van der Waals surface area contributed by atoms with Gasteiger partial charge in [0.1, 0.15) is 6.17 Å². The molecule has 0 amide bonds. The van der Waals surface area contributed by atoms with Gasteiger partial charge in [0, 0.05) is 39.7 Å². The summed E-state index contributed by atoms with van der Waals surface area (Å²) in [6.45, 7) is 25.2. The first-order valence-electron chi connectivity index (χ1n) is 14.7. The molecule has 0 bridgehead atoms. The van der Waals surface area contributed by atoms with Crippen molar-refractivity contribution in [2.75, 3.05) is 11.4 Å². The molecule has 0 saturated heterocycles. The molecule has 3 aromatic rings. The van der Waals surface area contributed by atoms with Gasteiger partial charge in [-0.15, -0.1) is 10.2 Å². The maximum atomic E-state index is 6.59. The fraction of sp³-hybridized carbons (Fsp3) is 0.250. The van der Waals surface area contributed by atoms with Gasteiger partial charge < -0.3 is 20.4 Å². The van der Waals surface area contributed by atoms with Gasteiger partial charge >= 0.3 is 0 Å². The standard InChI is InChI=1S/C34H37ClN6O.C2H6/c1-7-9-11-14-26(8-2)30-20-28-19-29(35)17-18-31(28)41(25(6)32(36)38-30)21-22(3)37-24(5)23(4)33-39-40-34(42-33)27-15-12-10-13-16-27;1-2/h7-10,12-19,24,32,37H,2-4,6,11,20-21,36H2,1,5H3;1-2H3/b9-7-,26-14?,38-30+;. The molecule has 0 spiro atoms. The van der Waals surface area contributed by atoms with Crippen molar-refractivity contribution in [3.63, 3.8) is 0 Å². The molecule has 2 unspecified atom stereocenters. The number of aliphatic imine (C=N–C) groups is 1. The lowest BCUT2D eigenvalue weighted by molar-refractivity contribution is 0.543. The Labute approximate surface area is 266 Å². The Morgan fingerprint density at radius 2 is 1.91 bits per heavy atom. The lowest BCUT2D eigenvalue weighted by atomic mass is 9.97. The first-order chi connectivity index (χ1) is 21.2. The lowest BCUT2D eigenvalue weighted by Gasteiger charge is -2.34. The van der Waals surface area contributed by atoms with Crippen LogP contribution < -0.4 is 16.0 Å². The minimum atomic E-state index is -0.663. The van der Waals surface area contributed by atoms with Gasteiger partial charge in [0.05, 0.1) is 18.3 Å². The van der Waals surface area contributed by atoms with Crippen LogP contribution in [0.4, 0.5) is 5.69 Å². The van der Waals surface area contributed by atoms with Crippen LogP contribution in [0.3, 0.4) is 0 Å². The molecule has 1 aliphatic heterocycles. The quantitative estimate of drug-likeness (QED) is 0.168. The lowest BCUT2D eigenvalue weighted by Crippen LogP contribution is -2.40. The van der Waals surface area contributed by atoms with E-state index in [2.05, 4.69) is 54.0 Å². The minimum Gasteiger partial charge on any atom is -0.416 e. The first kappa shape index (κ1) is 34.0. The highest BCUT2D eigenvalue weighted by atomic mass is 35.5. The number of rotatable bonds is 11. The molecule has 3 N–H and O–H groups in total. The summed E-state index contributed by atoms with van der Waals surface area (Å²) >= 11 is 6.45. The minimum absolute atomic E-state index is 0.231. The van der Waals surface area contributed by atoms with E-state index in [1.807, 2.05) is 93.3 Å². The normalized spacial score (nSPS) is 16.9. The number of nitrogens with one attached hydrogen (secondary N) is 1. The van der Waals surface area contributed by atoms with Crippen LogP contribution in [0.15, 0.2) is 126 Å². The molecule has 4 rings (SSSR count). The Morgan fingerprint density at radius 1 is 1.18 bits per heavy atom. The predicted octanol–water partition coefficient (Wildman–Crippen LogP) is 8.30. The topological polar surface area (TPSA) is 92.6 Å². The highest BCUT2D eigenvalue weighted by molar-refractivity contribution is 6.30. The van der Waals surface area contributed by atoms with Crippen LogP contribution in [0.25, 0.3) is 17.0 Å². The number of benzene rings is 2. The van der Waals surface area contributed by atoms with Crippen LogP contribution in [0.1, 0.15) is 45.6 Å². The average molecular weight is 611 g/mol. The predicted molar refractivity (Wildman–Crippen MR) is 187 cm³/mol. The molecule has 44 heavy (non-hydrogen) atoms. The Morgan fingerprint density at radius 3 is 2.59 bits per heavy atom. The smallest absolute Gasteiger partial charge is 0.248 e. The van der Waals surface area contributed by atoms with Crippen molar-refractivity contribution in [1.29, 1.82) is 0 Å². The van der Waals surface area contributed by atoms with Gasteiger partial charge in [0.25, 0.3) is 0 Å². The van der Waals surface area contributed by atoms with Crippen LogP contribution in [0.5, 0.6) is 0 Å².